The molecule has 1 heterocycles. The Bertz CT molecular complexity index is 516. The number of nitrogens with two attached hydrogens (primary N) is 1. The molecule has 0 radical (unpaired) electrons. The highest BCUT2D eigenvalue weighted by Crippen LogP contribution is 2.32. The van der Waals surface area contributed by atoms with E-state index >= 15 is 0 Å². The maximum Gasteiger partial charge on any atom is 0.134 e. The molecule has 0 fully saturated rings. The molecule has 3 rings (SSSR count). The number of nitrogens with one attached hydrogen (secondary N) is 1. The van der Waals surface area contributed by atoms with Crippen LogP contribution in [0.4, 0.5) is 5.69 Å². The van der Waals surface area contributed by atoms with Crippen LogP contribution in [0, 0.1) is 0 Å². The number of aryl methyl sites for hydroxylation is 2. The summed E-state index contributed by atoms with van der Waals surface area (Å²) in [6, 6.07) is 6.03. The molecule has 16 heavy (non-hydrogen) atoms. The first-order chi connectivity index (χ1) is 7.88. The second-order valence-electron chi connectivity index (χ2n) is 4.42. The van der Waals surface area contributed by atoms with Gasteiger partial charge in [-0.3, -0.25) is 5.84 Å². The van der Waals surface area contributed by atoms with Gasteiger partial charge in [0.25, 0.3) is 0 Å². The lowest BCUT2D eigenvalue weighted by Gasteiger charge is -2.00. The second kappa shape index (κ2) is 3.83. The summed E-state index contributed by atoms with van der Waals surface area (Å²) in [7, 11) is 0. The van der Waals surface area contributed by atoms with Crippen LogP contribution < -0.4 is 11.3 Å². The van der Waals surface area contributed by atoms with Crippen LogP contribution in [0.2, 0.25) is 0 Å². The molecule has 0 aliphatic heterocycles. The van der Waals surface area contributed by atoms with E-state index in [2.05, 4.69) is 11.5 Å². The van der Waals surface area contributed by atoms with Crippen LogP contribution in [0.3, 0.4) is 0 Å². The summed E-state index contributed by atoms with van der Waals surface area (Å²) in [5, 5.41) is 1.23. The number of benzene rings is 1. The number of hydrazine groups is 1. The zero-order valence-corrected chi connectivity index (χ0v) is 9.25. The molecular formula is C13H16N2O. The van der Waals surface area contributed by atoms with Gasteiger partial charge in [-0.15, -0.1) is 0 Å². The number of rotatable bonds is 1. The lowest BCUT2D eigenvalue weighted by molar-refractivity contribution is 0.538. The fourth-order valence-corrected chi connectivity index (χ4v) is 2.53. The molecule has 0 saturated carbocycles. The van der Waals surface area contributed by atoms with Crippen LogP contribution in [0.15, 0.2) is 22.6 Å². The van der Waals surface area contributed by atoms with E-state index in [0.29, 0.717) is 0 Å². The minimum atomic E-state index is 0.945. The van der Waals surface area contributed by atoms with Gasteiger partial charge < -0.3 is 9.84 Å². The van der Waals surface area contributed by atoms with E-state index in [0.717, 1.165) is 24.1 Å². The number of furan rings is 1. The highest BCUT2D eigenvalue weighted by Gasteiger charge is 2.16. The Morgan fingerprint density at radius 2 is 2.00 bits per heavy atom. The second-order valence-corrected chi connectivity index (χ2v) is 4.42. The molecule has 2 aromatic rings. The van der Waals surface area contributed by atoms with E-state index in [1.165, 1.54) is 36.0 Å². The fourth-order valence-electron chi connectivity index (χ4n) is 2.53. The third kappa shape index (κ3) is 1.48. The number of fused-ring (bicyclic) bond motifs is 3. The number of hydrogen-bond acceptors (Lipinski definition) is 3. The Hall–Kier alpha value is -1.48. The molecule has 3 heteroatoms. The number of nitrogen functional groups attached to an aromatic ring is 1. The van der Waals surface area contributed by atoms with Gasteiger partial charge in [0.2, 0.25) is 0 Å². The van der Waals surface area contributed by atoms with Crippen molar-refractivity contribution in [3.05, 3.63) is 29.5 Å². The van der Waals surface area contributed by atoms with Gasteiger partial charge in [-0.1, -0.05) is 6.42 Å². The molecule has 0 atom stereocenters. The zero-order chi connectivity index (χ0) is 11.0. The zero-order valence-electron chi connectivity index (χ0n) is 9.25. The Morgan fingerprint density at radius 1 is 1.12 bits per heavy atom. The van der Waals surface area contributed by atoms with Crippen LogP contribution in [-0.2, 0) is 12.8 Å². The van der Waals surface area contributed by atoms with Crippen molar-refractivity contribution < 1.29 is 4.42 Å². The molecule has 3 N–H and O–H groups in total. The summed E-state index contributed by atoms with van der Waals surface area (Å²) >= 11 is 0. The van der Waals surface area contributed by atoms with Gasteiger partial charge in [0.15, 0.2) is 0 Å². The maximum absolute atomic E-state index is 5.90. The molecule has 0 bridgehead atoms. The smallest absolute Gasteiger partial charge is 0.134 e. The van der Waals surface area contributed by atoms with Crippen LogP contribution in [0.25, 0.3) is 11.0 Å². The van der Waals surface area contributed by atoms with Gasteiger partial charge in [-0.2, -0.15) is 0 Å². The lowest BCUT2D eigenvalue weighted by Crippen LogP contribution is -2.06. The molecule has 3 nitrogen and oxygen atoms in total. The monoisotopic (exact) mass is 216 g/mol. The Balaban J connectivity index is 2.19. The molecule has 0 saturated heterocycles. The Morgan fingerprint density at radius 3 is 2.88 bits per heavy atom. The molecule has 0 spiro atoms. The van der Waals surface area contributed by atoms with Crippen LogP contribution in [-0.4, -0.2) is 0 Å². The summed E-state index contributed by atoms with van der Waals surface area (Å²) < 4.78 is 5.90. The minimum Gasteiger partial charge on any atom is -0.461 e. The van der Waals surface area contributed by atoms with Crippen molar-refractivity contribution in [2.75, 3.05) is 5.43 Å². The third-order valence-corrected chi connectivity index (χ3v) is 3.37. The van der Waals surface area contributed by atoms with Gasteiger partial charge in [-0.25, -0.2) is 0 Å². The van der Waals surface area contributed by atoms with Crippen LogP contribution in [0.1, 0.15) is 30.6 Å². The quantitative estimate of drug-likeness (QED) is 0.437. The molecule has 1 aromatic carbocycles. The van der Waals surface area contributed by atoms with Crippen LogP contribution >= 0.6 is 0 Å². The first kappa shape index (κ1) is 9.73. The topological polar surface area (TPSA) is 51.2 Å². The van der Waals surface area contributed by atoms with Crippen molar-refractivity contribution in [2.24, 2.45) is 5.84 Å². The maximum atomic E-state index is 5.90. The van der Waals surface area contributed by atoms with Crippen molar-refractivity contribution in [2.45, 2.75) is 32.1 Å². The lowest BCUT2D eigenvalue weighted by atomic mass is 10.1. The highest BCUT2D eigenvalue weighted by atomic mass is 16.3. The third-order valence-electron chi connectivity index (χ3n) is 3.37. The van der Waals surface area contributed by atoms with Gasteiger partial charge >= 0.3 is 0 Å². The van der Waals surface area contributed by atoms with Crippen molar-refractivity contribution in [3.63, 3.8) is 0 Å². The Labute approximate surface area is 94.6 Å². The molecule has 1 aliphatic rings. The molecular weight excluding hydrogens is 200 g/mol. The number of anilines is 1. The van der Waals surface area contributed by atoms with E-state index in [9.17, 15) is 0 Å². The largest absolute Gasteiger partial charge is 0.461 e. The first-order valence-electron chi connectivity index (χ1n) is 5.89. The molecule has 1 aromatic heterocycles. The minimum absolute atomic E-state index is 0.945. The Kier molecular flexibility index (Phi) is 2.33. The highest BCUT2D eigenvalue weighted by molar-refractivity contribution is 5.85. The predicted molar refractivity (Wildman–Crippen MR) is 65.3 cm³/mol. The first-order valence-corrected chi connectivity index (χ1v) is 5.89. The van der Waals surface area contributed by atoms with E-state index in [1.54, 1.807) is 0 Å². The number of hydrogen-bond donors (Lipinski definition) is 2. The molecule has 84 valence electrons. The van der Waals surface area contributed by atoms with Gasteiger partial charge in [0.05, 0.1) is 0 Å². The van der Waals surface area contributed by atoms with Gasteiger partial charge in [0, 0.05) is 23.1 Å². The van der Waals surface area contributed by atoms with Crippen LogP contribution in [0.5, 0.6) is 0 Å². The van der Waals surface area contributed by atoms with Crippen molar-refractivity contribution in [3.8, 4) is 0 Å². The van der Waals surface area contributed by atoms with E-state index < -0.39 is 0 Å². The summed E-state index contributed by atoms with van der Waals surface area (Å²) in [4.78, 5) is 0. The summed E-state index contributed by atoms with van der Waals surface area (Å²) in [5.74, 6) is 6.62. The van der Waals surface area contributed by atoms with Crippen molar-refractivity contribution in [1.82, 2.24) is 0 Å². The van der Waals surface area contributed by atoms with Crippen molar-refractivity contribution >= 4 is 16.7 Å². The van der Waals surface area contributed by atoms with E-state index in [-0.39, 0.29) is 0 Å². The molecule has 1 aliphatic carbocycles. The van der Waals surface area contributed by atoms with Gasteiger partial charge in [-0.05, 0) is 37.5 Å². The standard InChI is InChI=1S/C13H16N2O/c14-15-9-6-7-13-11(8-9)10-4-2-1-3-5-12(10)16-13/h6-8,15H,1-5,14H2. The average molecular weight is 216 g/mol. The summed E-state index contributed by atoms with van der Waals surface area (Å²) in [6.45, 7) is 0. The fraction of sp³-hybridized carbons (Fsp3) is 0.385. The predicted octanol–water partition coefficient (Wildman–Crippen LogP) is 2.99. The molecule has 0 unspecified atom stereocenters. The van der Waals surface area contributed by atoms with Gasteiger partial charge in [0.1, 0.15) is 11.3 Å². The average Bonchev–Trinajstić information content (AvgIpc) is 2.50. The summed E-state index contributed by atoms with van der Waals surface area (Å²) in [6.07, 6.45) is 6.03. The summed E-state index contributed by atoms with van der Waals surface area (Å²) in [5.41, 5.74) is 6.02. The molecule has 0 amide bonds. The SMILES string of the molecule is NNc1ccc2oc3c(c2c1)CCCCC3. The van der Waals surface area contributed by atoms with E-state index in [1.807, 2.05) is 12.1 Å². The van der Waals surface area contributed by atoms with Crippen molar-refractivity contribution in [1.29, 1.82) is 0 Å². The normalized spacial score (nSPS) is 15.8. The van der Waals surface area contributed by atoms with E-state index in [4.69, 9.17) is 10.3 Å².